The number of amides is 1. The van der Waals surface area contributed by atoms with Gasteiger partial charge in [-0.1, -0.05) is 60.1 Å². The highest BCUT2D eigenvalue weighted by Gasteiger charge is 2.36. The predicted octanol–water partition coefficient (Wildman–Crippen LogP) is 6.55. The normalized spacial score (nSPS) is 15.2. The molecule has 8 heteroatoms. The van der Waals surface area contributed by atoms with E-state index < -0.39 is 23.7 Å². The molecule has 4 aromatic rings. The van der Waals surface area contributed by atoms with Crippen molar-refractivity contribution in [3.05, 3.63) is 100 Å². The maximum absolute atomic E-state index is 14.9. The summed E-state index contributed by atoms with van der Waals surface area (Å²) in [5.41, 5.74) is 4.99. The Morgan fingerprint density at radius 2 is 1.70 bits per heavy atom. The predicted molar refractivity (Wildman–Crippen MR) is 141 cm³/mol. The summed E-state index contributed by atoms with van der Waals surface area (Å²) >= 11 is 6.17. The third-order valence-corrected chi connectivity index (χ3v) is 6.73. The Bertz CT molecular complexity index is 1550. The van der Waals surface area contributed by atoms with E-state index in [1.165, 1.54) is 11.1 Å². The van der Waals surface area contributed by atoms with Gasteiger partial charge in [-0.05, 0) is 36.8 Å². The molecule has 0 fully saturated rings. The van der Waals surface area contributed by atoms with Crippen LogP contribution in [-0.2, 0) is 9.59 Å². The first-order valence-corrected chi connectivity index (χ1v) is 12.2. The zero-order chi connectivity index (χ0) is 26.1. The van der Waals surface area contributed by atoms with Gasteiger partial charge >= 0.3 is 5.97 Å². The fraction of sp³-hybridized carbons (Fsp3) is 0.172. The summed E-state index contributed by atoms with van der Waals surface area (Å²) in [6, 6.07) is 20.8. The number of carbonyl (C=O) groups excluding carboxylic acids is 1. The highest BCUT2D eigenvalue weighted by atomic mass is 35.5. The molecule has 1 aliphatic heterocycles. The number of benzene rings is 3. The lowest BCUT2D eigenvalue weighted by Crippen LogP contribution is -2.28. The van der Waals surface area contributed by atoms with Crippen molar-refractivity contribution in [2.45, 2.75) is 32.2 Å². The molecule has 1 unspecified atom stereocenters. The number of hydrazone groups is 1. The summed E-state index contributed by atoms with van der Waals surface area (Å²) in [4.78, 5) is 29.0. The molecule has 0 aliphatic carbocycles. The monoisotopic (exact) mass is 515 g/mol. The van der Waals surface area contributed by atoms with Crippen molar-refractivity contribution in [1.29, 1.82) is 0 Å². The SMILES string of the molecule is Cc1nc2ccccc2c(-c2ccc(Cl)cc2)c1C1=NN(C(=O)CCC(=O)O)C(c2ccccc2F)C1. The molecule has 0 radical (unpaired) electrons. The second kappa shape index (κ2) is 10.1. The Labute approximate surface area is 218 Å². The van der Waals surface area contributed by atoms with Gasteiger partial charge in [-0.25, -0.2) is 9.40 Å². The quantitative estimate of drug-likeness (QED) is 0.316. The Morgan fingerprint density at radius 3 is 2.43 bits per heavy atom. The van der Waals surface area contributed by atoms with Crippen LogP contribution in [0.2, 0.25) is 5.02 Å². The number of fused-ring (bicyclic) bond motifs is 1. The average Bonchev–Trinajstić information content (AvgIpc) is 3.32. The number of aryl methyl sites for hydroxylation is 1. The van der Waals surface area contributed by atoms with Gasteiger partial charge in [0.2, 0.25) is 5.91 Å². The summed E-state index contributed by atoms with van der Waals surface area (Å²) in [5, 5.41) is 16.5. The molecule has 5 rings (SSSR count). The van der Waals surface area contributed by atoms with Crippen molar-refractivity contribution >= 4 is 40.1 Å². The smallest absolute Gasteiger partial charge is 0.303 e. The van der Waals surface area contributed by atoms with Crippen LogP contribution in [0.3, 0.4) is 0 Å². The van der Waals surface area contributed by atoms with Crippen LogP contribution in [0, 0.1) is 12.7 Å². The summed E-state index contributed by atoms with van der Waals surface area (Å²) < 4.78 is 14.9. The standard InChI is InChI=1S/C29H23ClFN3O3/c1-17-28(29(18-10-12-19(30)13-11-18)21-7-3-5-9-23(21)32-17)24-16-25(20-6-2-4-8-22(20)31)34(33-24)26(35)14-15-27(36)37/h2-13,25H,14-16H2,1H3,(H,36,37). The summed E-state index contributed by atoms with van der Waals surface area (Å²) in [6.07, 6.45) is -0.325. The van der Waals surface area contributed by atoms with Crippen molar-refractivity contribution in [3.63, 3.8) is 0 Å². The number of hydrogen-bond donors (Lipinski definition) is 1. The van der Waals surface area contributed by atoms with Crippen molar-refractivity contribution in [1.82, 2.24) is 9.99 Å². The third-order valence-electron chi connectivity index (χ3n) is 6.48. The fourth-order valence-electron chi connectivity index (χ4n) is 4.81. The Kier molecular flexibility index (Phi) is 6.72. The maximum atomic E-state index is 14.9. The van der Waals surface area contributed by atoms with Gasteiger partial charge in [0.25, 0.3) is 0 Å². The first-order chi connectivity index (χ1) is 17.8. The number of aliphatic carboxylic acids is 1. The summed E-state index contributed by atoms with van der Waals surface area (Å²) in [7, 11) is 0. The van der Waals surface area contributed by atoms with Crippen molar-refractivity contribution < 1.29 is 19.1 Å². The van der Waals surface area contributed by atoms with Crippen molar-refractivity contribution in [2.24, 2.45) is 5.10 Å². The topological polar surface area (TPSA) is 82.9 Å². The van der Waals surface area contributed by atoms with Crippen LogP contribution in [0.25, 0.3) is 22.0 Å². The number of hydrogen-bond acceptors (Lipinski definition) is 4. The zero-order valence-corrected chi connectivity index (χ0v) is 20.7. The van der Waals surface area contributed by atoms with E-state index in [9.17, 15) is 14.0 Å². The fourth-order valence-corrected chi connectivity index (χ4v) is 4.94. The van der Waals surface area contributed by atoms with E-state index in [1.54, 1.807) is 18.2 Å². The number of carbonyl (C=O) groups is 2. The van der Waals surface area contributed by atoms with Gasteiger partial charge in [0.05, 0.1) is 23.7 Å². The highest BCUT2D eigenvalue weighted by Crippen LogP contribution is 2.40. The number of carboxylic acids is 1. The van der Waals surface area contributed by atoms with E-state index >= 15 is 0 Å². The number of aromatic nitrogens is 1. The molecule has 1 aliphatic rings. The number of para-hydroxylation sites is 1. The molecule has 37 heavy (non-hydrogen) atoms. The molecule has 6 nitrogen and oxygen atoms in total. The molecule has 1 N–H and O–H groups in total. The highest BCUT2D eigenvalue weighted by molar-refractivity contribution is 6.30. The molecule has 2 heterocycles. The van der Waals surface area contributed by atoms with Crippen molar-refractivity contribution in [2.75, 3.05) is 0 Å². The second-order valence-corrected chi connectivity index (χ2v) is 9.33. The number of rotatable bonds is 6. The van der Waals surface area contributed by atoms with E-state index in [2.05, 4.69) is 5.10 Å². The Morgan fingerprint density at radius 1 is 1.00 bits per heavy atom. The van der Waals surface area contributed by atoms with E-state index in [-0.39, 0.29) is 19.3 Å². The Balaban J connectivity index is 1.69. The van der Waals surface area contributed by atoms with E-state index in [1.807, 2.05) is 55.5 Å². The largest absolute Gasteiger partial charge is 0.481 e. The molecule has 0 saturated heterocycles. The first kappa shape index (κ1) is 24.6. The van der Waals surface area contributed by atoms with Gasteiger partial charge in [-0.15, -0.1) is 0 Å². The first-order valence-electron chi connectivity index (χ1n) is 11.8. The summed E-state index contributed by atoms with van der Waals surface area (Å²) in [6.45, 7) is 1.89. The van der Waals surface area contributed by atoms with E-state index in [0.717, 1.165) is 33.3 Å². The van der Waals surface area contributed by atoms with E-state index in [0.29, 0.717) is 16.3 Å². The van der Waals surface area contributed by atoms with Crippen molar-refractivity contribution in [3.8, 4) is 11.1 Å². The number of halogens is 2. The van der Waals surface area contributed by atoms with Gasteiger partial charge in [-0.3, -0.25) is 14.6 Å². The van der Waals surface area contributed by atoms with Crippen LogP contribution < -0.4 is 0 Å². The zero-order valence-electron chi connectivity index (χ0n) is 20.0. The molecular formula is C29H23ClFN3O3. The molecule has 0 spiro atoms. The molecule has 1 aromatic heterocycles. The number of carboxylic acid groups (broad SMARTS) is 1. The lowest BCUT2D eigenvalue weighted by Gasteiger charge is -2.22. The van der Waals surface area contributed by atoms with Gasteiger partial charge in [0.15, 0.2) is 0 Å². The minimum Gasteiger partial charge on any atom is -0.481 e. The molecule has 186 valence electrons. The van der Waals surface area contributed by atoms with Crippen LogP contribution in [0.5, 0.6) is 0 Å². The Hall–Kier alpha value is -4.10. The van der Waals surface area contributed by atoms with Crippen LogP contribution in [0.15, 0.2) is 77.9 Å². The van der Waals surface area contributed by atoms with Crippen LogP contribution in [0.1, 0.15) is 42.1 Å². The van der Waals surface area contributed by atoms with Gasteiger partial charge < -0.3 is 5.11 Å². The maximum Gasteiger partial charge on any atom is 0.303 e. The number of nitrogens with zero attached hydrogens (tertiary/aromatic N) is 3. The summed E-state index contributed by atoms with van der Waals surface area (Å²) in [5.74, 6) is -2.02. The number of pyridine rings is 1. The van der Waals surface area contributed by atoms with Crippen LogP contribution in [0.4, 0.5) is 4.39 Å². The van der Waals surface area contributed by atoms with Gasteiger partial charge in [-0.2, -0.15) is 5.10 Å². The van der Waals surface area contributed by atoms with Crippen LogP contribution in [-0.4, -0.2) is 32.7 Å². The third kappa shape index (κ3) is 4.82. The molecule has 1 atom stereocenters. The molecule has 1 amide bonds. The minimum absolute atomic E-state index is 0.240. The van der Waals surface area contributed by atoms with Gasteiger partial charge in [0, 0.05) is 45.6 Å². The molecule has 3 aromatic carbocycles. The average molecular weight is 516 g/mol. The molecule has 0 saturated carbocycles. The van der Waals surface area contributed by atoms with Gasteiger partial charge in [0.1, 0.15) is 5.82 Å². The molecule has 0 bridgehead atoms. The molecular weight excluding hydrogens is 493 g/mol. The van der Waals surface area contributed by atoms with E-state index in [4.69, 9.17) is 21.7 Å². The lowest BCUT2D eigenvalue weighted by atomic mass is 9.89. The minimum atomic E-state index is -1.08. The second-order valence-electron chi connectivity index (χ2n) is 8.89. The lowest BCUT2D eigenvalue weighted by molar-refractivity contribution is -0.141. The van der Waals surface area contributed by atoms with Crippen LogP contribution >= 0.6 is 11.6 Å².